The second-order valence-corrected chi connectivity index (χ2v) is 7.49. The van der Waals surface area contributed by atoms with E-state index in [1.54, 1.807) is 36.4 Å². The molecule has 0 fully saturated rings. The molecule has 0 saturated carbocycles. The zero-order chi connectivity index (χ0) is 19.4. The molecule has 3 aromatic rings. The SMILES string of the molecule is CS(=O)(=O)c1cccc(C#Cc2ccc(Oc3[nH]nnc3C(=O)O)cc2)c1. The maximum absolute atomic E-state index is 11.6. The lowest BCUT2D eigenvalue weighted by atomic mass is 10.2. The average molecular weight is 383 g/mol. The number of carboxylic acids is 1. The van der Waals surface area contributed by atoms with Crippen molar-refractivity contribution in [3.05, 3.63) is 65.4 Å². The highest BCUT2D eigenvalue weighted by Crippen LogP contribution is 2.21. The van der Waals surface area contributed by atoms with Crippen molar-refractivity contribution in [2.75, 3.05) is 6.26 Å². The van der Waals surface area contributed by atoms with Crippen LogP contribution in [-0.4, -0.2) is 41.2 Å². The first kappa shape index (κ1) is 18.2. The van der Waals surface area contributed by atoms with Crippen LogP contribution >= 0.6 is 0 Å². The summed E-state index contributed by atoms with van der Waals surface area (Å²) >= 11 is 0. The van der Waals surface area contributed by atoms with E-state index >= 15 is 0 Å². The number of nitrogens with one attached hydrogen (secondary N) is 1. The third kappa shape index (κ3) is 4.50. The molecular formula is C18H13N3O5S. The van der Waals surface area contributed by atoms with E-state index in [1.165, 1.54) is 12.1 Å². The van der Waals surface area contributed by atoms with Gasteiger partial charge in [0.25, 0.3) is 5.88 Å². The minimum absolute atomic E-state index is 0.0704. The van der Waals surface area contributed by atoms with Crippen molar-refractivity contribution in [2.45, 2.75) is 4.90 Å². The van der Waals surface area contributed by atoms with Crippen molar-refractivity contribution >= 4 is 15.8 Å². The number of carbonyl (C=O) groups is 1. The molecule has 0 radical (unpaired) electrons. The predicted octanol–water partition coefficient (Wildman–Crippen LogP) is 2.10. The van der Waals surface area contributed by atoms with Gasteiger partial charge < -0.3 is 9.84 Å². The predicted molar refractivity (Wildman–Crippen MR) is 95.4 cm³/mol. The third-order valence-electron chi connectivity index (χ3n) is 3.41. The van der Waals surface area contributed by atoms with Crippen LogP contribution in [0.1, 0.15) is 21.6 Å². The number of aromatic amines is 1. The molecular weight excluding hydrogens is 370 g/mol. The van der Waals surface area contributed by atoms with E-state index in [9.17, 15) is 13.2 Å². The van der Waals surface area contributed by atoms with Gasteiger partial charge in [-0.05, 0) is 42.5 Å². The molecule has 0 saturated heterocycles. The van der Waals surface area contributed by atoms with Gasteiger partial charge in [-0.3, -0.25) is 0 Å². The molecule has 1 heterocycles. The number of nitrogens with zero attached hydrogens (tertiary/aromatic N) is 2. The van der Waals surface area contributed by atoms with Crippen LogP contribution in [0.3, 0.4) is 0 Å². The van der Waals surface area contributed by atoms with Gasteiger partial charge in [-0.25, -0.2) is 18.3 Å². The summed E-state index contributed by atoms with van der Waals surface area (Å²) in [4.78, 5) is 11.2. The van der Waals surface area contributed by atoms with Gasteiger partial charge in [0.15, 0.2) is 9.84 Å². The fraction of sp³-hybridized carbons (Fsp3) is 0.0556. The maximum Gasteiger partial charge on any atom is 0.362 e. The number of benzene rings is 2. The molecule has 136 valence electrons. The molecule has 3 rings (SSSR count). The van der Waals surface area contributed by atoms with Crippen LogP contribution < -0.4 is 4.74 Å². The zero-order valence-corrected chi connectivity index (χ0v) is 14.8. The first-order valence-corrected chi connectivity index (χ1v) is 9.46. The molecule has 0 atom stereocenters. The Labute approximate surface area is 154 Å². The summed E-state index contributed by atoms with van der Waals surface area (Å²) in [6, 6.07) is 13.0. The molecule has 0 unspecified atom stereocenters. The van der Waals surface area contributed by atoms with Gasteiger partial charge in [0.05, 0.1) is 4.90 Å². The van der Waals surface area contributed by atoms with Crippen LogP contribution in [0, 0.1) is 11.8 Å². The molecule has 9 heteroatoms. The van der Waals surface area contributed by atoms with Crippen LogP contribution in [0.5, 0.6) is 11.6 Å². The van der Waals surface area contributed by atoms with Gasteiger partial charge in [0.1, 0.15) is 5.75 Å². The Morgan fingerprint density at radius 1 is 1.11 bits per heavy atom. The molecule has 0 aliphatic rings. The van der Waals surface area contributed by atoms with Gasteiger partial charge in [-0.15, -0.1) is 5.10 Å². The van der Waals surface area contributed by atoms with Crippen molar-refractivity contribution < 1.29 is 23.1 Å². The van der Waals surface area contributed by atoms with Crippen molar-refractivity contribution in [1.82, 2.24) is 15.4 Å². The Kier molecular flexibility index (Phi) is 4.92. The second kappa shape index (κ2) is 7.31. The van der Waals surface area contributed by atoms with Crippen LogP contribution in [0.25, 0.3) is 0 Å². The van der Waals surface area contributed by atoms with E-state index in [0.29, 0.717) is 16.9 Å². The van der Waals surface area contributed by atoms with Crippen LogP contribution in [0.4, 0.5) is 0 Å². The quantitative estimate of drug-likeness (QED) is 0.662. The largest absolute Gasteiger partial charge is 0.476 e. The Hall–Kier alpha value is -3.64. The van der Waals surface area contributed by atoms with Crippen LogP contribution in [-0.2, 0) is 9.84 Å². The number of hydrogen-bond donors (Lipinski definition) is 2. The Bertz CT molecular complexity index is 1160. The fourth-order valence-electron chi connectivity index (χ4n) is 2.10. The molecule has 0 aliphatic heterocycles. The van der Waals surface area contributed by atoms with E-state index in [1.807, 2.05) is 0 Å². The number of sulfone groups is 1. The van der Waals surface area contributed by atoms with Gasteiger partial charge in [-0.2, -0.15) is 0 Å². The van der Waals surface area contributed by atoms with Crippen molar-refractivity contribution in [3.63, 3.8) is 0 Å². The lowest BCUT2D eigenvalue weighted by Crippen LogP contribution is -1.99. The minimum atomic E-state index is -3.29. The van der Waals surface area contributed by atoms with Crippen LogP contribution in [0.2, 0.25) is 0 Å². The Balaban J connectivity index is 1.77. The highest BCUT2D eigenvalue weighted by Gasteiger charge is 2.16. The molecule has 0 aliphatic carbocycles. The molecule has 0 spiro atoms. The number of hydrogen-bond acceptors (Lipinski definition) is 6. The van der Waals surface area contributed by atoms with Crippen molar-refractivity contribution in [2.24, 2.45) is 0 Å². The van der Waals surface area contributed by atoms with E-state index in [2.05, 4.69) is 27.3 Å². The summed E-state index contributed by atoms with van der Waals surface area (Å²) in [5.41, 5.74) is 0.936. The summed E-state index contributed by atoms with van der Waals surface area (Å²) in [5.74, 6) is 4.89. The number of aromatic nitrogens is 3. The third-order valence-corrected chi connectivity index (χ3v) is 4.52. The van der Waals surface area contributed by atoms with E-state index < -0.39 is 15.8 Å². The first-order chi connectivity index (χ1) is 12.8. The summed E-state index contributed by atoms with van der Waals surface area (Å²) < 4.78 is 28.6. The summed E-state index contributed by atoms with van der Waals surface area (Å²) in [7, 11) is -3.29. The lowest BCUT2D eigenvalue weighted by molar-refractivity contribution is 0.0687. The standard InChI is InChI=1S/C18H13N3O5S/c1-27(24,25)15-4-2-3-13(11-15)6-5-12-7-9-14(10-8-12)26-17-16(18(22)23)19-21-20-17/h2-4,7-11H,1H3,(H,22,23)(H,19,20,21). The topological polar surface area (TPSA) is 122 Å². The molecule has 27 heavy (non-hydrogen) atoms. The fourth-order valence-corrected chi connectivity index (χ4v) is 2.77. The minimum Gasteiger partial charge on any atom is -0.476 e. The summed E-state index contributed by atoms with van der Waals surface area (Å²) in [5, 5.41) is 18.2. The molecule has 0 amide bonds. The van der Waals surface area contributed by atoms with Crippen molar-refractivity contribution in [3.8, 4) is 23.5 Å². The van der Waals surface area contributed by atoms with Gasteiger partial charge in [0, 0.05) is 17.4 Å². The normalized spacial score (nSPS) is 10.7. The summed E-state index contributed by atoms with van der Waals surface area (Å²) in [6.07, 6.45) is 1.14. The molecule has 0 bridgehead atoms. The first-order valence-electron chi connectivity index (χ1n) is 7.57. The molecule has 2 N–H and O–H groups in total. The second-order valence-electron chi connectivity index (χ2n) is 5.47. The Morgan fingerprint density at radius 3 is 2.48 bits per heavy atom. The molecule has 1 aromatic heterocycles. The van der Waals surface area contributed by atoms with Gasteiger partial charge in [0.2, 0.25) is 5.69 Å². The Morgan fingerprint density at radius 2 is 1.81 bits per heavy atom. The highest BCUT2D eigenvalue weighted by molar-refractivity contribution is 7.90. The smallest absolute Gasteiger partial charge is 0.362 e. The number of carboxylic acid groups (broad SMARTS) is 1. The lowest BCUT2D eigenvalue weighted by Gasteiger charge is -2.02. The molecule has 2 aromatic carbocycles. The summed E-state index contributed by atoms with van der Waals surface area (Å²) in [6.45, 7) is 0. The zero-order valence-electron chi connectivity index (χ0n) is 14.0. The van der Waals surface area contributed by atoms with Gasteiger partial charge >= 0.3 is 5.97 Å². The van der Waals surface area contributed by atoms with Crippen molar-refractivity contribution in [1.29, 1.82) is 0 Å². The molecule has 8 nitrogen and oxygen atoms in total. The number of rotatable bonds is 4. The van der Waals surface area contributed by atoms with Crippen LogP contribution in [0.15, 0.2) is 53.4 Å². The highest BCUT2D eigenvalue weighted by atomic mass is 32.2. The average Bonchev–Trinajstić information content (AvgIpc) is 3.09. The number of H-pyrrole nitrogens is 1. The number of ether oxygens (including phenoxy) is 1. The van der Waals surface area contributed by atoms with E-state index in [-0.39, 0.29) is 16.5 Å². The van der Waals surface area contributed by atoms with E-state index in [0.717, 1.165) is 6.26 Å². The number of aromatic carboxylic acids is 1. The van der Waals surface area contributed by atoms with E-state index in [4.69, 9.17) is 9.84 Å². The maximum atomic E-state index is 11.6. The monoisotopic (exact) mass is 383 g/mol. The van der Waals surface area contributed by atoms with Gasteiger partial charge in [-0.1, -0.05) is 23.1 Å².